The maximum Gasteiger partial charge on any atom is 0.414 e. The molecule has 1 spiro atoms. The van der Waals surface area contributed by atoms with Crippen LogP contribution in [0.2, 0.25) is 0 Å². The van der Waals surface area contributed by atoms with Crippen LogP contribution in [0.1, 0.15) is 55.0 Å². The molecule has 0 aromatic heterocycles. The number of aliphatic hydroxyl groups is 1. The molecule has 0 radical (unpaired) electrons. The van der Waals surface area contributed by atoms with Gasteiger partial charge in [0.2, 0.25) is 5.91 Å². The number of carbonyl (C=O) groups is 3. The average molecular weight is 730 g/mol. The number of rotatable bonds is 9. The largest absolute Gasteiger partial charge is 0.497 e. The zero-order chi connectivity index (χ0) is 37.8. The van der Waals surface area contributed by atoms with Gasteiger partial charge in [0.15, 0.2) is 5.60 Å². The van der Waals surface area contributed by atoms with Crippen molar-refractivity contribution in [3.8, 4) is 5.75 Å². The van der Waals surface area contributed by atoms with Gasteiger partial charge >= 0.3 is 6.09 Å². The minimum absolute atomic E-state index is 0.0540. The molecule has 0 unspecified atom stereocenters. The maximum atomic E-state index is 15.2. The molecule has 4 aliphatic rings. The molecule has 280 valence electrons. The van der Waals surface area contributed by atoms with Crippen molar-refractivity contribution in [1.29, 1.82) is 0 Å². The molecule has 10 heteroatoms. The van der Waals surface area contributed by atoms with E-state index >= 15 is 4.79 Å². The van der Waals surface area contributed by atoms with Crippen LogP contribution < -0.4 is 14.5 Å². The highest BCUT2D eigenvalue weighted by Gasteiger charge is 2.66. The van der Waals surface area contributed by atoms with Gasteiger partial charge in [-0.25, -0.2) is 4.79 Å². The lowest BCUT2D eigenvalue weighted by atomic mass is 9.63. The number of aliphatic hydroxyl groups excluding tert-OH is 1. The smallest absolute Gasteiger partial charge is 0.414 e. The fourth-order valence-electron chi connectivity index (χ4n) is 9.59. The van der Waals surface area contributed by atoms with E-state index in [1.807, 2.05) is 78.9 Å². The molecule has 4 aromatic carbocycles. The average Bonchev–Trinajstić information content (AvgIpc) is 3.83. The molecule has 3 amide bonds. The summed E-state index contributed by atoms with van der Waals surface area (Å²) in [6.07, 6.45) is -0.376. The summed E-state index contributed by atoms with van der Waals surface area (Å²) in [6.45, 7) is 7.76. The summed E-state index contributed by atoms with van der Waals surface area (Å²) >= 11 is 0. The van der Waals surface area contributed by atoms with Gasteiger partial charge in [-0.2, -0.15) is 0 Å². The molecule has 10 nitrogen and oxygen atoms in total. The minimum Gasteiger partial charge on any atom is -0.497 e. The molecule has 8 rings (SSSR count). The lowest BCUT2D eigenvalue weighted by Gasteiger charge is -2.40. The number of methoxy groups -OCH3 is 1. The van der Waals surface area contributed by atoms with Gasteiger partial charge in [-0.3, -0.25) is 14.5 Å². The monoisotopic (exact) mass is 729 g/mol. The third-order valence-electron chi connectivity index (χ3n) is 12.3. The number of fused-ring (bicyclic) bond motifs is 3. The Hall–Kier alpha value is -5.19. The molecule has 0 aliphatic carbocycles. The zero-order valence-corrected chi connectivity index (χ0v) is 31.2. The minimum atomic E-state index is -1.35. The van der Waals surface area contributed by atoms with Crippen molar-refractivity contribution in [3.05, 3.63) is 125 Å². The van der Waals surface area contributed by atoms with Crippen LogP contribution in [0, 0.1) is 11.8 Å². The van der Waals surface area contributed by atoms with E-state index in [1.165, 1.54) is 0 Å². The van der Waals surface area contributed by atoms with E-state index in [0.717, 1.165) is 44.9 Å². The van der Waals surface area contributed by atoms with E-state index < -0.39 is 17.1 Å². The van der Waals surface area contributed by atoms with Crippen molar-refractivity contribution in [3.63, 3.8) is 0 Å². The van der Waals surface area contributed by atoms with Crippen LogP contribution >= 0.6 is 0 Å². The molecule has 2 saturated heterocycles. The molecule has 54 heavy (non-hydrogen) atoms. The molecule has 2 fully saturated rings. The molecule has 4 aliphatic heterocycles. The summed E-state index contributed by atoms with van der Waals surface area (Å²) in [7, 11) is 1.64. The van der Waals surface area contributed by atoms with E-state index in [9.17, 15) is 14.7 Å². The van der Waals surface area contributed by atoms with E-state index in [4.69, 9.17) is 14.2 Å². The highest BCUT2D eigenvalue weighted by atomic mass is 16.6. The Balaban J connectivity index is 1.17. The Morgan fingerprint density at radius 3 is 2.43 bits per heavy atom. The first-order chi connectivity index (χ1) is 26.1. The van der Waals surface area contributed by atoms with Crippen LogP contribution in [-0.4, -0.2) is 66.9 Å². The van der Waals surface area contributed by atoms with Crippen LogP contribution in [0.15, 0.2) is 97.1 Å². The Kier molecular flexibility index (Phi) is 9.22. The molecule has 1 N–H and O–H groups in total. The second-order valence-corrected chi connectivity index (χ2v) is 15.5. The Bertz CT molecular complexity index is 2080. The van der Waals surface area contributed by atoms with E-state index in [-0.39, 0.29) is 55.4 Å². The highest BCUT2D eigenvalue weighted by Crippen LogP contribution is 2.60. The third kappa shape index (κ3) is 5.83. The normalized spacial score (nSPS) is 24.9. The quantitative estimate of drug-likeness (QED) is 0.214. The van der Waals surface area contributed by atoms with Gasteiger partial charge in [-0.05, 0) is 64.4 Å². The Morgan fingerprint density at radius 2 is 1.70 bits per heavy atom. The lowest BCUT2D eigenvalue weighted by molar-refractivity contribution is -0.151. The first kappa shape index (κ1) is 35.8. The SMILES string of the molecule is COc1ccc(C(C)(C)[C@@H]2[C@@H](CC(=O)N3Cc4ccccc4C[C@H]3CO)O[C@]3(C(=O)N(Cc4cccc(N5CCOC5=O)c4)c4ccccc43)[C@H]2C)cc1. The number of cyclic esters (lactones) is 1. The van der Waals surface area contributed by atoms with Gasteiger partial charge < -0.3 is 29.1 Å². The number of amides is 3. The Labute approximate surface area is 316 Å². The van der Waals surface area contributed by atoms with E-state index in [1.54, 1.807) is 21.8 Å². The number of anilines is 2. The fourth-order valence-corrected chi connectivity index (χ4v) is 9.59. The molecule has 4 aromatic rings. The zero-order valence-electron chi connectivity index (χ0n) is 31.2. The van der Waals surface area contributed by atoms with Crippen molar-refractivity contribution in [2.45, 2.75) is 69.9 Å². The maximum absolute atomic E-state index is 15.2. The van der Waals surface area contributed by atoms with Crippen molar-refractivity contribution in [1.82, 2.24) is 4.90 Å². The number of carbonyl (C=O) groups excluding carboxylic acids is 3. The summed E-state index contributed by atoms with van der Waals surface area (Å²) in [5.41, 5.74) is 4.51. The van der Waals surface area contributed by atoms with Crippen LogP contribution in [0.25, 0.3) is 0 Å². The van der Waals surface area contributed by atoms with Gasteiger partial charge in [0.1, 0.15) is 12.4 Å². The molecule has 5 atom stereocenters. The fraction of sp³-hybridized carbons (Fsp3) is 0.386. The molecule has 0 bridgehead atoms. The molecule has 0 saturated carbocycles. The lowest BCUT2D eigenvalue weighted by Crippen LogP contribution is -2.48. The number of hydrogen-bond donors (Lipinski definition) is 1. The summed E-state index contributed by atoms with van der Waals surface area (Å²) in [4.78, 5) is 47.3. The predicted octanol–water partition coefficient (Wildman–Crippen LogP) is 6.36. The van der Waals surface area contributed by atoms with Crippen molar-refractivity contribution >= 4 is 29.3 Å². The summed E-state index contributed by atoms with van der Waals surface area (Å²) < 4.78 is 17.9. The molecular weight excluding hydrogens is 682 g/mol. The predicted molar refractivity (Wildman–Crippen MR) is 204 cm³/mol. The Morgan fingerprint density at radius 1 is 0.963 bits per heavy atom. The van der Waals surface area contributed by atoms with Crippen LogP contribution in [-0.2, 0) is 49.6 Å². The van der Waals surface area contributed by atoms with Gasteiger partial charge in [0.05, 0.1) is 51.1 Å². The number of hydrogen-bond acceptors (Lipinski definition) is 7. The van der Waals surface area contributed by atoms with Crippen LogP contribution in [0.4, 0.5) is 16.2 Å². The van der Waals surface area contributed by atoms with Crippen LogP contribution in [0.5, 0.6) is 5.75 Å². The van der Waals surface area contributed by atoms with Crippen LogP contribution in [0.3, 0.4) is 0 Å². The van der Waals surface area contributed by atoms with E-state index in [0.29, 0.717) is 26.1 Å². The van der Waals surface area contributed by atoms with Crippen molar-refractivity contribution in [2.75, 3.05) is 36.7 Å². The third-order valence-corrected chi connectivity index (χ3v) is 12.3. The van der Waals surface area contributed by atoms with Gasteiger partial charge in [0.25, 0.3) is 5.91 Å². The first-order valence-corrected chi connectivity index (χ1v) is 18.8. The molecular formula is C44H47N3O7. The molecule has 4 heterocycles. The number of benzene rings is 4. The number of ether oxygens (including phenoxy) is 3. The van der Waals surface area contributed by atoms with Crippen molar-refractivity contribution < 1.29 is 33.7 Å². The van der Waals surface area contributed by atoms with Crippen molar-refractivity contribution in [2.24, 2.45) is 11.8 Å². The van der Waals surface area contributed by atoms with Gasteiger partial charge in [-0.15, -0.1) is 0 Å². The summed E-state index contributed by atoms with van der Waals surface area (Å²) in [5.74, 6) is -0.141. The standard InChI is InChI=1S/C44H47N3O7/c1-28-40(43(2,3)32-16-18-35(52-4)19-17-32)38(24-39(49)46-26-31-12-6-5-11-30(31)23-34(46)27-48)54-44(28)36-14-7-8-15-37(36)47(41(44)50)25-29-10-9-13-33(22-29)45-20-21-53-42(45)51/h5-19,22,28,34,38,40,48H,20-21,23-27H2,1-4H3/t28-,34-,38+,40-,44+/m0/s1. The van der Waals surface area contributed by atoms with Gasteiger partial charge in [-0.1, -0.05) is 87.5 Å². The van der Waals surface area contributed by atoms with E-state index in [2.05, 4.69) is 39.0 Å². The topological polar surface area (TPSA) is 109 Å². The van der Waals surface area contributed by atoms with Gasteiger partial charge in [0, 0.05) is 29.6 Å². The summed E-state index contributed by atoms with van der Waals surface area (Å²) in [5, 5.41) is 10.5. The highest BCUT2D eigenvalue weighted by molar-refractivity contribution is 6.07. The first-order valence-electron chi connectivity index (χ1n) is 18.8. The summed E-state index contributed by atoms with van der Waals surface area (Å²) in [6, 6.07) is 31.2. The number of nitrogens with zero attached hydrogens (tertiary/aromatic N) is 3. The number of para-hydroxylation sites is 1. The second-order valence-electron chi connectivity index (χ2n) is 15.5. The second kappa shape index (κ2) is 13.9.